The molecule has 1 aromatic heterocycles. The molecule has 1 heterocycles. The zero-order valence-electron chi connectivity index (χ0n) is 10.4. The van der Waals surface area contributed by atoms with Gasteiger partial charge in [-0.15, -0.1) is 0 Å². The molecule has 1 aromatic carbocycles. The van der Waals surface area contributed by atoms with Crippen LogP contribution in [0.5, 0.6) is 0 Å². The van der Waals surface area contributed by atoms with Crippen molar-refractivity contribution in [1.82, 2.24) is 19.9 Å². The lowest BCUT2D eigenvalue weighted by atomic mass is 10.2. The number of nitrogen functional groups attached to an aromatic ring is 1. The normalized spacial score (nSPS) is 11.6. The molecule has 0 saturated heterocycles. The Morgan fingerprint density at radius 3 is 2.84 bits per heavy atom. The number of anilines is 1. The lowest BCUT2D eigenvalue weighted by Crippen LogP contribution is -2.26. The summed E-state index contributed by atoms with van der Waals surface area (Å²) in [6.07, 6.45) is 1.83. The highest BCUT2D eigenvalue weighted by molar-refractivity contribution is 7.89. The second kappa shape index (κ2) is 5.37. The van der Waals surface area contributed by atoms with Gasteiger partial charge < -0.3 is 5.73 Å². The van der Waals surface area contributed by atoms with E-state index in [1.54, 1.807) is 19.1 Å². The molecule has 2 aromatic rings. The first-order valence-electron chi connectivity index (χ1n) is 5.69. The minimum absolute atomic E-state index is 0.235. The minimum atomic E-state index is -3.53. The maximum absolute atomic E-state index is 12.1. The van der Waals surface area contributed by atoms with Gasteiger partial charge in [0.2, 0.25) is 10.0 Å². The zero-order chi connectivity index (χ0) is 13.9. The van der Waals surface area contributed by atoms with Gasteiger partial charge in [0, 0.05) is 18.7 Å². The van der Waals surface area contributed by atoms with Gasteiger partial charge in [0.1, 0.15) is 12.2 Å². The highest BCUT2D eigenvalue weighted by atomic mass is 32.2. The Bertz CT molecular complexity index is 652. The average molecular weight is 281 g/mol. The third-order valence-corrected chi connectivity index (χ3v) is 4.23. The van der Waals surface area contributed by atoms with Gasteiger partial charge in [0.25, 0.3) is 0 Å². The molecule has 0 unspecified atom stereocenters. The van der Waals surface area contributed by atoms with Gasteiger partial charge in [0.15, 0.2) is 0 Å². The number of hydrogen-bond donors (Lipinski definition) is 3. The Balaban J connectivity index is 2.05. The molecule has 0 aliphatic heterocycles. The van der Waals surface area contributed by atoms with E-state index in [-0.39, 0.29) is 11.4 Å². The van der Waals surface area contributed by atoms with Crippen molar-refractivity contribution in [3.05, 3.63) is 35.9 Å². The number of nitrogens with zero attached hydrogens (tertiary/aromatic N) is 2. The van der Waals surface area contributed by atoms with Crippen LogP contribution >= 0.6 is 0 Å². The smallest absolute Gasteiger partial charge is 0.240 e. The van der Waals surface area contributed by atoms with E-state index in [1.165, 1.54) is 12.4 Å². The van der Waals surface area contributed by atoms with E-state index in [4.69, 9.17) is 5.73 Å². The van der Waals surface area contributed by atoms with Crippen molar-refractivity contribution in [3.63, 3.8) is 0 Å². The molecule has 0 fully saturated rings. The molecular weight excluding hydrogens is 266 g/mol. The summed E-state index contributed by atoms with van der Waals surface area (Å²) in [7, 11) is -3.53. The van der Waals surface area contributed by atoms with Gasteiger partial charge in [-0.05, 0) is 30.7 Å². The van der Waals surface area contributed by atoms with E-state index in [9.17, 15) is 8.42 Å². The summed E-state index contributed by atoms with van der Waals surface area (Å²) in [5.74, 6) is 0.636. The predicted octanol–water partition coefficient (Wildman–Crippen LogP) is 0.216. The Hall–Kier alpha value is -1.93. The van der Waals surface area contributed by atoms with Crippen molar-refractivity contribution in [3.8, 4) is 0 Å². The van der Waals surface area contributed by atoms with Crippen molar-refractivity contribution in [2.45, 2.75) is 18.2 Å². The van der Waals surface area contributed by atoms with Gasteiger partial charge in [-0.1, -0.05) is 0 Å². The van der Waals surface area contributed by atoms with E-state index >= 15 is 0 Å². The number of sulfonamides is 1. The molecule has 102 valence electrons. The second-order valence-electron chi connectivity index (χ2n) is 4.10. The second-order valence-corrected chi connectivity index (χ2v) is 5.84. The lowest BCUT2D eigenvalue weighted by Gasteiger charge is -2.09. The Labute approximate surface area is 111 Å². The molecule has 0 spiro atoms. The fraction of sp³-hybridized carbons (Fsp3) is 0.273. The van der Waals surface area contributed by atoms with Crippen molar-refractivity contribution < 1.29 is 8.42 Å². The van der Waals surface area contributed by atoms with E-state index in [2.05, 4.69) is 19.9 Å². The standard InChI is InChI=1S/C11H15N5O2S/c1-8-6-9(12)2-3-10(8)19(17,18)15-5-4-11-13-7-14-16-11/h2-3,6-7,15H,4-5,12H2,1H3,(H,13,14,16). The average Bonchev–Trinajstić information content (AvgIpc) is 2.81. The maximum Gasteiger partial charge on any atom is 0.240 e. The Morgan fingerprint density at radius 2 is 2.21 bits per heavy atom. The van der Waals surface area contributed by atoms with Gasteiger partial charge in [-0.3, -0.25) is 5.10 Å². The first-order valence-corrected chi connectivity index (χ1v) is 7.17. The van der Waals surface area contributed by atoms with Crippen molar-refractivity contribution in [2.75, 3.05) is 12.3 Å². The van der Waals surface area contributed by atoms with Crippen molar-refractivity contribution in [2.24, 2.45) is 0 Å². The summed E-state index contributed by atoms with van der Waals surface area (Å²) in [6, 6.07) is 4.70. The van der Waals surface area contributed by atoms with Crippen LogP contribution in [0.2, 0.25) is 0 Å². The third kappa shape index (κ3) is 3.30. The van der Waals surface area contributed by atoms with Crippen LogP contribution in [0, 0.1) is 6.92 Å². The Morgan fingerprint density at radius 1 is 1.42 bits per heavy atom. The molecule has 4 N–H and O–H groups in total. The molecule has 2 rings (SSSR count). The topological polar surface area (TPSA) is 114 Å². The van der Waals surface area contributed by atoms with E-state index < -0.39 is 10.0 Å². The summed E-state index contributed by atoms with van der Waals surface area (Å²) in [6.45, 7) is 1.96. The van der Waals surface area contributed by atoms with Crippen molar-refractivity contribution >= 4 is 15.7 Å². The van der Waals surface area contributed by atoms with E-state index in [1.807, 2.05) is 0 Å². The largest absolute Gasteiger partial charge is 0.399 e. The van der Waals surface area contributed by atoms with E-state index in [0.717, 1.165) is 0 Å². The van der Waals surface area contributed by atoms with Gasteiger partial charge >= 0.3 is 0 Å². The number of nitrogens with one attached hydrogen (secondary N) is 2. The van der Waals surface area contributed by atoms with Crippen LogP contribution in [0.1, 0.15) is 11.4 Å². The van der Waals surface area contributed by atoms with Crippen LogP contribution in [0.3, 0.4) is 0 Å². The highest BCUT2D eigenvalue weighted by Gasteiger charge is 2.16. The predicted molar refractivity (Wildman–Crippen MR) is 70.9 cm³/mol. The molecule has 8 heteroatoms. The molecule has 0 saturated carbocycles. The maximum atomic E-state index is 12.1. The SMILES string of the molecule is Cc1cc(N)ccc1S(=O)(=O)NCCc1ncn[nH]1. The number of aromatic amines is 1. The number of aromatic nitrogens is 3. The first-order chi connectivity index (χ1) is 8.99. The third-order valence-electron chi connectivity index (χ3n) is 2.61. The number of hydrogen-bond acceptors (Lipinski definition) is 5. The molecule has 0 aliphatic rings. The molecule has 7 nitrogen and oxygen atoms in total. The number of rotatable bonds is 5. The zero-order valence-corrected chi connectivity index (χ0v) is 11.2. The Kier molecular flexibility index (Phi) is 3.82. The fourth-order valence-corrected chi connectivity index (χ4v) is 2.96. The summed E-state index contributed by atoms with van der Waals surface area (Å²) in [5.41, 5.74) is 6.76. The molecule has 0 atom stereocenters. The molecule has 0 bridgehead atoms. The number of nitrogens with two attached hydrogens (primary N) is 1. The van der Waals surface area contributed by atoms with Gasteiger partial charge in [0.05, 0.1) is 4.90 Å². The fourth-order valence-electron chi connectivity index (χ4n) is 1.71. The van der Waals surface area contributed by atoms with Crippen LogP contribution in [-0.4, -0.2) is 30.1 Å². The summed E-state index contributed by atoms with van der Waals surface area (Å²) in [4.78, 5) is 4.16. The van der Waals surface area contributed by atoms with Gasteiger partial charge in [-0.2, -0.15) is 5.10 Å². The quantitative estimate of drug-likeness (QED) is 0.678. The van der Waals surface area contributed by atoms with Crippen LogP contribution in [0.25, 0.3) is 0 Å². The minimum Gasteiger partial charge on any atom is -0.399 e. The molecule has 0 amide bonds. The molecule has 0 radical (unpaired) electrons. The molecule has 0 aliphatic carbocycles. The van der Waals surface area contributed by atoms with Gasteiger partial charge in [-0.25, -0.2) is 18.1 Å². The van der Waals surface area contributed by atoms with Crippen LogP contribution in [0.15, 0.2) is 29.4 Å². The summed E-state index contributed by atoms with van der Waals surface area (Å²) < 4.78 is 26.7. The molecular formula is C11H15N5O2S. The highest BCUT2D eigenvalue weighted by Crippen LogP contribution is 2.17. The van der Waals surface area contributed by atoms with Crippen LogP contribution in [0.4, 0.5) is 5.69 Å². The summed E-state index contributed by atoms with van der Waals surface area (Å²) in [5, 5.41) is 6.36. The van der Waals surface area contributed by atoms with Crippen LogP contribution in [-0.2, 0) is 16.4 Å². The first kappa shape index (κ1) is 13.5. The van der Waals surface area contributed by atoms with Crippen molar-refractivity contribution in [1.29, 1.82) is 0 Å². The number of aryl methyl sites for hydroxylation is 1. The van der Waals surface area contributed by atoms with E-state index in [0.29, 0.717) is 23.5 Å². The monoisotopic (exact) mass is 281 g/mol. The van der Waals surface area contributed by atoms with Crippen LogP contribution < -0.4 is 10.5 Å². The number of benzene rings is 1. The number of H-pyrrole nitrogens is 1. The lowest BCUT2D eigenvalue weighted by molar-refractivity contribution is 0.580. The molecule has 19 heavy (non-hydrogen) atoms. The summed E-state index contributed by atoms with van der Waals surface area (Å²) >= 11 is 0.